The molecule has 28 heavy (non-hydrogen) atoms. The predicted octanol–water partition coefficient (Wildman–Crippen LogP) is 4.43. The van der Waals surface area contributed by atoms with E-state index in [0.717, 1.165) is 6.07 Å². The highest BCUT2D eigenvalue weighted by Gasteiger charge is 2.30. The standard InChI is InChI=1S/C18H13BrF4N4O/c1-10-14(17(28)25-7-11-6-13(20)3-4-15(11)19)9-26-27(10)16-5-2-12(8-24-16)18(21,22)23/h2-6,8-9H,7H2,1H3,(H,25,28). The summed E-state index contributed by atoms with van der Waals surface area (Å²) in [6.45, 7) is 1.68. The summed E-state index contributed by atoms with van der Waals surface area (Å²) in [5.74, 6) is -0.728. The maximum atomic E-state index is 13.3. The van der Waals surface area contributed by atoms with Gasteiger partial charge in [0.1, 0.15) is 5.82 Å². The summed E-state index contributed by atoms with van der Waals surface area (Å²) >= 11 is 3.28. The Kier molecular flexibility index (Phi) is 5.50. The van der Waals surface area contributed by atoms with Crippen molar-refractivity contribution in [1.29, 1.82) is 0 Å². The highest BCUT2D eigenvalue weighted by Crippen LogP contribution is 2.28. The van der Waals surface area contributed by atoms with Gasteiger partial charge >= 0.3 is 6.18 Å². The molecule has 3 aromatic rings. The molecule has 0 fully saturated rings. The topological polar surface area (TPSA) is 59.8 Å². The molecule has 2 heterocycles. The van der Waals surface area contributed by atoms with Crippen molar-refractivity contribution in [1.82, 2.24) is 20.1 Å². The first-order valence-corrected chi connectivity index (χ1v) is 8.76. The molecule has 0 unspecified atom stereocenters. The van der Waals surface area contributed by atoms with Crippen molar-refractivity contribution in [3.8, 4) is 5.82 Å². The van der Waals surface area contributed by atoms with Crippen LogP contribution in [0.1, 0.15) is 27.2 Å². The summed E-state index contributed by atoms with van der Waals surface area (Å²) in [6, 6.07) is 6.20. The second-order valence-electron chi connectivity index (χ2n) is 5.88. The number of amides is 1. The van der Waals surface area contributed by atoms with Crippen molar-refractivity contribution >= 4 is 21.8 Å². The summed E-state index contributed by atoms with van der Waals surface area (Å²) in [5, 5.41) is 6.69. The van der Waals surface area contributed by atoms with Gasteiger partial charge in [-0.15, -0.1) is 0 Å². The number of alkyl halides is 3. The molecule has 0 atom stereocenters. The Labute approximate surface area is 165 Å². The molecule has 10 heteroatoms. The molecule has 2 aromatic heterocycles. The lowest BCUT2D eigenvalue weighted by Crippen LogP contribution is -2.23. The summed E-state index contributed by atoms with van der Waals surface area (Å²) in [7, 11) is 0. The fourth-order valence-corrected chi connectivity index (χ4v) is 2.88. The van der Waals surface area contributed by atoms with Crippen molar-refractivity contribution in [3.63, 3.8) is 0 Å². The Morgan fingerprint density at radius 2 is 1.96 bits per heavy atom. The number of aromatic nitrogens is 3. The van der Waals surface area contributed by atoms with E-state index in [-0.39, 0.29) is 17.9 Å². The van der Waals surface area contributed by atoms with Crippen LogP contribution in [0, 0.1) is 12.7 Å². The quantitative estimate of drug-likeness (QED) is 0.590. The number of pyridine rings is 1. The fraction of sp³-hybridized carbons (Fsp3) is 0.167. The van der Waals surface area contributed by atoms with Gasteiger partial charge in [-0.25, -0.2) is 14.1 Å². The number of carbonyl (C=O) groups is 1. The average molecular weight is 457 g/mol. The number of hydrogen-bond donors (Lipinski definition) is 1. The zero-order valence-electron chi connectivity index (χ0n) is 14.4. The van der Waals surface area contributed by atoms with Crippen LogP contribution in [0.2, 0.25) is 0 Å². The molecular formula is C18H13BrF4N4O. The molecule has 0 bridgehead atoms. The monoisotopic (exact) mass is 456 g/mol. The van der Waals surface area contributed by atoms with Crippen molar-refractivity contribution < 1.29 is 22.4 Å². The zero-order chi connectivity index (χ0) is 20.5. The van der Waals surface area contributed by atoms with E-state index < -0.39 is 23.5 Å². The van der Waals surface area contributed by atoms with E-state index in [1.54, 1.807) is 6.92 Å². The smallest absolute Gasteiger partial charge is 0.348 e. The van der Waals surface area contributed by atoms with Crippen molar-refractivity contribution in [2.24, 2.45) is 0 Å². The van der Waals surface area contributed by atoms with Crippen LogP contribution in [0.5, 0.6) is 0 Å². The highest BCUT2D eigenvalue weighted by atomic mass is 79.9. The van der Waals surface area contributed by atoms with Gasteiger partial charge in [0.05, 0.1) is 23.0 Å². The molecule has 3 rings (SSSR count). The maximum Gasteiger partial charge on any atom is 0.417 e. The van der Waals surface area contributed by atoms with Crippen LogP contribution < -0.4 is 5.32 Å². The number of benzene rings is 1. The third-order valence-electron chi connectivity index (χ3n) is 3.99. The first-order valence-electron chi connectivity index (χ1n) is 7.97. The lowest BCUT2D eigenvalue weighted by Gasteiger charge is -2.09. The first-order chi connectivity index (χ1) is 13.2. The molecule has 0 aliphatic rings. The van der Waals surface area contributed by atoms with Crippen molar-refractivity contribution in [2.45, 2.75) is 19.6 Å². The Morgan fingerprint density at radius 3 is 2.61 bits per heavy atom. The van der Waals surface area contributed by atoms with Crippen LogP contribution in [0.3, 0.4) is 0 Å². The lowest BCUT2D eigenvalue weighted by atomic mass is 10.2. The number of carbonyl (C=O) groups excluding carboxylic acids is 1. The number of nitrogens with one attached hydrogen (secondary N) is 1. The molecular weight excluding hydrogens is 444 g/mol. The lowest BCUT2D eigenvalue weighted by molar-refractivity contribution is -0.137. The number of nitrogens with zero attached hydrogens (tertiary/aromatic N) is 3. The van der Waals surface area contributed by atoms with Crippen LogP contribution in [-0.4, -0.2) is 20.7 Å². The molecule has 1 N–H and O–H groups in total. The summed E-state index contributed by atoms with van der Waals surface area (Å²) in [4.78, 5) is 16.2. The highest BCUT2D eigenvalue weighted by molar-refractivity contribution is 9.10. The van der Waals surface area contributed by atoms with Crippen LogP contribution in [0.4, 0.5) is 17.6 Å². The van der Waals surface area contributed by atoms with Crippen molar-refractivity contribution in [2.75, 3.05) is 0 Å². The van der Waals surface area contributed by atoms with Gasteiger partial charge in [-0.2, -0.15) is 18.3 Å². The predicted molar refractivity (Wildman–Crippen MR) is 96.4 cm³/mol. The molecule has 5 nitrogen and oxygen atoms in total. The van der Waals surface area contributed by atoms with Crippen LogP contribution in [0.15, 0.2) is 47.2 Å². The van der Waals surface area contributed by atoms with E-state index in [1.807, 2.05) is 0 Å². The van der Waals surface area contributed by atoms with Gasteiger partial charge in [-0.1, -0.05) is 15.9 Å². The van der Waals surface area contributed by atoms with E-state index in [4.69, 9.17) is 0 Å². The van der Waals surface area contributed by atoms with Gasteiger partial charge in [0.15, 0.2) is 5.82 Å². The second kappa shape index (κ2) is 7.70. The van der Waals surface area contributed by atoms with Gasteiger partial charge in [-0.05, 0) is 42.8 Å². The third-order valence-corrected chi connectivity index (χ3v) is 4.77. The van der Waals surface area contributed by atoms with Gasteiger partial charge in [0, 0.05) is 17.2 Å². The summed E-state index contributed by atoms with van der Waals surface area (Å²) in [6.07, 6.45) is -2.48. The molecule has 146 valence electrons. The fourth-order valence-electron chi connectivity index (χ4n) is 2.49. The summed E-state index contributed by atoms with van der Waals surface area (Å²) in [5.41, 5.74) is 0.319. The van der Waals surface area contributed by atoms with E-state index in [9.17, 15) is 22.4 Å². The molecule has 1 amide bonds. The largest absolute Gasteiger partial charge is 0.417 e. The minimum Gasteiger partial charge on any atom is -0.348 e. The number of rotatable bonds is 4. The number of hydrogen-bond acceptors (Lipinski definition) is 3. The Hall–Kier alpha value is -2.75. The van der Waals surface area contributed by atoms with Crippen molar-refractivity contribution in [3.05, 3.63) is 75.4 Å². The molecule has 0 saturated heterocycles. The van der Waals surface area contributed by atoms with Gasteiger partial charge in [-0.3, -0.25) is 4.79 Å². The normalized spacial score (nSPS) is 11.5. The average Bonchev–Trinajstić information content (AvgIpc) is 3.03. The van der Waals surface area contributed by atoms with E-state index in [0.29, 0.717) is 21.9 Å². The van der Waals surface area contributed by atoms with E-state index >= 15 is 0 Å². The summed E-state index contributed by atoms with van der Waals surface area (Å²) < 4.78 is 53.2. The molecule has 0 spiro atoms. The minimum atomic E-state index is -4.49. The van der Waals surface area contributed by atoms with Crippen LogP contribution in [-0.2, 0) is 12.7 Å². The molecule has 0 aliphatic heterocycles. The maximum absolute atomic E-state index is 13.3. The SMILES string of the molecule is Cc1c(C(=O)NCc2cc(F)ccc2Br)cnn1-c1ccc(C(F)(F)F)cn1. The third kappa shape index (κ3) is 4.22. The second-order valence-corrected chi connectivity index (χ2v) is 6.73. The van der Waals surface area contributed by atoms with E-state index in [1.165, 1.54) is 35.1 Å². The molecule has 0 aliphatic carbocycles. The zero-order valence-corrected chi connectivity index (χ0v) is 16.0. The van der Waals surface area contributed by atoms with E-state index in [2.05, 4.69) is 31.3 Å². The Bertz CT molecular complexity index is 1020. The van der Waals surface area contributed by atoms with Crippen LogP contribution >= 0.6 is 15.9 Å². The van der Waals surface area contributed by atoms with Gasteiger partial charge in [0.2, 0.25) is 0 Å². The Balaban J connectivity index is 1.77. The van der Waals surface area contributed by atoms with Gasteiger partial charge in [0.25, 0.3) is 5.91 Å². The molecule has 0 saturated carbocycles. The minimum absolute atomic E-state index is 0.0837. The number of halogens is 5. The first kappa shape index (κ1) is 20.0. The molecule has 1 aromatic carbocycles. The van der Waals surface area contributed by atoms with Gasteiger partial charge < -0.3 is 5.32 Å². The Morgan fingerprint density at radius 1 is 1.21 bits per heavy atom. The van der Waals surface area contributed by atoms with Crippen LogP contribution in [0.25, 0.3) is 5.82 Å². The molecule has 0 radical (unpaired) electrons.